The van der Waals surface area contributed by atoms with Crippen molar-refractivity contribution in [2.75, 3.05) is 17.7 Å². The number of urea groups is 1. The van der Waals surface area contributed by atoms with Crippen molar-refractivity contribution in [3.05, 3.63) is 77.6 Å². The van der Waals surface area contributed by atoms with Crippen LogP contribution < -0.4 is 20.7 Å². The van der Waals surface area contributed by atoms with Crippen LogP contribution in [0.5, 0.6) is 11.5 Å². The van der Waals surface area contributed by atoms with E-state index in [2.05, 4.69) is 20.9 Å². The van der Waals surface area contributed by atoms with E-state index in [0.717, 1.165) is 0 Å². The number of para-hydroxylation sites is 1. The lowest BCUT2D eigenvalue weighted by Crippen LogP contribution is -2.19. The number of benzene rings is 2. The maximum absolute atomic E-state index is 12.1. The molecule has 3 N–H and O–H groups in total. The van der Waals surface area contributed by atoms with Crippen LogP contribution in [-0.4, -0.2) is 24.0 Å². The summed E-state index contributed by atoms with van der Waals surface area (Å²) in [4.78, 5) is 27.7. The number of ether oxygens (including phenoxy) is 1. The Morgan fingerprint density at radius 2 is 1.71 bits per heavy atom. The van der Waals surface area contributed by atoms with Crippen LogP contribution in [0.3, 0.4) is 0 Å². The van der Waals surface area contributed by atoms with Crippen LogP contribution in [0, 0.1) is 0 Å². The highest BCUT2D eigenvalue weighted by Crippen LogP contribution is 2.24. The Bertz CT molecular complexity index is 993. The largest absolute Gasteiger partial charge is 0.457 e. The van der Waals surface area contributed by atoms with Gasteiger partial charge in [-0.05, 0) is 42.5 Å². The number of aromatic nitrogens is 1. The molecule has 3 amide bonds. The monoisotopic (exact) mass is 396 g/mol. The quantitative estimate of drug-likeness (QED) is 0.590. The second kappa shape index (κ2) is 8.88. The van der Waals surface area contributed by atoms with Gasteiger partial charge in [-0.3, -0.25) is 9.78 Å². The Kier molecular flexibility index (Phi) is 6.08. The van der Waals surface area contributed by atoms with E-state index in [-0.39, 0.29) is 11.6 Å². The van der Waals surface area contributed by atoms with Gasteiger partial charge in [0.2, 0.25) is 0 Å². The summed E-state index contributed by atoms with van der Waals surface area (Å²) in [5.41, 5.74) is 1.36. The predicted molar refractivity (Wildman–Crippen MR) is 108 cm³/mol. The molecule has 142 valence electrons. The summed E-state index contributed by atoms with van der Waals surface area (Å²) in [5, 5.41) is 8.35. The van der Waals surface area contributed by atoms with E-state index >= 15 is 0 Å². The van der Waals surface area contributed by atoms with Gasteiger partial charge in [-0.25, -0.2) is 4.79 Å². The van der Waals surface area contributed by atoms with Gasteiger partial charge in [0.15, 0.2) is 0 Å². The van der Waals surface area contributed by atoms with Crippen LogP contribution >= 0.6 is 11.6 Å². The molecular formula is C20H17ClN4O3. The van der Waals surface area contributed by atoms with Crippen LogP contribution in [0.25, 0.3) is 0 Å². The molecule has 8 heteroatoms. The van der Waals surface area contributed by atoms with Gasteiger partial charge >= 0.3 is 6.03 Å². The average Bonchev–Trinajstić information content (AvgIpc) is 2.71. The molecule has 0 saturated heterocycles. The number of amides is 3. The molecule has 0 aliphatic carbocycles. The van der Waals surface area contributed by atoms with E-state index in [1.165, 1.54) is 13.2 Å². The molecule has 3 rings (SSSR count). The number of nitrogens with zero attached hydrogens (tertiary/aromatic N) is 1. The van der Waals surface area contributed by atoms with Crippen LogP contribution in [0.1, 0.15) is 10.5 Å². The molecule has 1 aromatic heterocycles. The average molecular weight is 397 g/mol. The Labute approximate surface area is 166 Å². The van der Waals surface area contributed by atoms with E-state index in [1.54, 1.807) is 60.7 Å². The maximum Gasteiger partial charge on any atom is 0.323 e. The third kappa shape index (κ3) is 4.99. The van der Waals surface area contributed by atoms with Gasteiger partial charge in [0.25, 0.3) is 5.91 Å². The lowest BCUT2D eigenvalue weighted by atomic mass is 10.3. The molecule has 7 nitrogen and oxygen atoms in total. The van der Waals surface area contributed by atoms with Crippen molar-refractivity contribution in [1.82, 2.24) is 10.3 Å². The van der Waals surface area contributed by atoms with Crippen molar-refractivity contribution in [1.29, 1.82) is 0 Å². The van der Waals surface area contributed by atoms with Crippen LogP contribution in [0.4, 0.5) is 16.2 Å². The van der Waals surface area contributed by atoms with Gasteiger partial charge in [0, 0.05) is 25.0 Å². The molecule has 0 aliphatic heterocycles. The summed E-state index contributed by atoms with van der Waals surface area (Å²) >= 11 is 6.02. The summed E-state index contributed by atoms with van der Waals surface area (Å²) in [6.07, 6.45) is 1.49. The summed E-state index contributed by atoms with van der Waals surface area (Å²) in [6.45, 7) is 0. The Balaban J connectivity index is 1.61. The Hall–Kier alpha value is -3.58. The number of halogens is 1. The van der Waals surface area contributed by atoms with Crippen molar-refractivity contribution >= 4 is 34.9 Å². The zero-order valence-corrected chi connectivity index (χ0v) is 15.7. The number of carbonyl (C=O) groups excluding carboxylic acids is 2. The third-order valence-electron chi connectivity index (χ3n) is 3.66. The number of hydrogen-bond acceptors (Lipinski definition) is 4. The van der Waals surface area contributed by atoms with Crippen molar-refractivity contribution in [3.8, 4) is 11.5 Å². The fourth-order valence-corrected chi connectivity index (χ4v) is 2.50. The summed E-state index contributed by atoms with van der Waals surface area (Å²) in [6, 6.07) is 16.5. The van der Waals surface area contributed by atoms with E-state index in [1.807, 2.05) is 0 Å². The summed E-state index contributed by atoms with van der Waals surface area (Å²) in [7, 11) is 1.53. The predicted octanol–water partition coefficient (Wildman–Crippen LogP) is 4.53. The van der Waals surface area contributed by atoms with Gasteiger partial charge in [0.05, 0.1) is 10.7 Å². The topological polar surface area (TPSA) is 92.4 Å². The van der Waals surface area contributed by atoms with Crippen LogP contribution in [-0.2, 0) is 0 Å². The highest BCUT2D eigenvalue weighted by Gasteiger charge is 2.08. The number of nitrogens with one attached hydrogen (secondary N) is 3. The van der Waals surface area contributed by atoms with E-state index in [9.17, 15) is 9.59 Å². The standard InChI is InChI=1S/C20H17ClN4O3/c1-22-19(26)18-12-15(10-11-23-18)28-14-8-6-13(7-9-14)24-20(27)25-17-5-3-2-4-16(17)21/h2-12H,1H3,(H,22,26)(H2,24,25,27). The number of rotatable bonds is 5. The highest BCUT2D eigenvalue weighted by molar-refractivity contribution is 6.33. The van der Waals surface area contributed by atoms with Gasteiger partial charge in [-0.15, -0.1) is 0 Å². The second-order valence-corrected chi connectivity index (χ2v) is 6.05. The number of anilines is 2. The molecular weight excluding hydrogens is 380 g/mol. The molecule has 0 saturated carbocycles. The molecule has 3 aromatic rings. The number of carbonyl (C=O) groups is 2. The first kappa shape index (κ1) is 19.2. The highest BCUT2D eigenvalue weighted by atomic mass is 35.5. The lowest BCUT2D eigenvalue weighted by molar-refractivity contribution is 0.0958. The third-order valence-corrected chi connectivity index (χ3v) is 3.99. The fraction of sp³-hybridized carbons (Fsp3) is 0.0500. The SMILES string of the molecule is CNC(=O)c1cc(Oc2ccc(NC(=O)Nc3ccccc3Cl)cc2)ccn1. The Morgan fingerprint density at radius 1 is 0.964 bits per heavy atom. The van der Waals surface area contributed by atoms with Crippen molar-refractivity contribution in [2.24, 2.45) is 0 Å². The maximum atomic E-state index is 12.1. The van der Waals surface area contributed by atoms with E-state index in [4.69, 9.17) is 16.3 Å². The van der Waals surface area contributed by atoms with E-state index < -0.39 is 6.03 Å². The molecule has 0 unspecified atom stereocenters. The molecule has 0 radical (unpaired) electrons. The van der Waals surface area contributed by atoms with Crippen molar-refractivity contribution in [2.45, 2.75) is 0 Å². The zero-order valence-electron chi connectivity index (χ0n) is 14.9. The second-order valence-electron chi connectivity index (χ2n) is 5.64. The van der Waals surface area contributed by atoms with Crippen molar-refractivity contribution in [3.63, 3.8) is 0 Å². The first-order valence-corrected chi connectivity index (χ1v) is 8.71. The molecule has 0 aliphatic rings. The van der Waals surface area contributed by atoms with Gasteiger partial charge in [-0.2, -0.15) is 0 Å². The van der Waals surface area contributed by atoms with Crippen molar-refractivity contribution < 1.29 is 14.3 Å². The number of hydrogen-bond donors (Lipinski definition) is 3. The summed E-state index contributed by atoms with van der Waals surface area (Å²) < 4.78 is 5.72. The van der Waals surface area contributed by atoms with Crippen LogP contribution in [0.15, 0.2) is 66.9 Å². The molecule has 0 spiro atoms. The van der Waals surface area contributed by atoms with Crippen LogP contribution in [0.2, 0.25) is 5.02 Å². The normalized spacial score (nSPS) is 10.1. The van der Waals surface area contributed by atoms with E-state index in [0.29, 0.717) is 27.9 Å². The molecule has 1 heterocycles. The minimum Gasteiger partial charge on any atom is -0.457 e. The minimum absolute atomic E-state index is 0.259. The molecule has 28 heavy (non-hydrogen) atoms. The number of pyridine rings is 1. The molecule has 0 bridgehead atoms. The smallest absolute Gasteiger partial charge is 0.323 e. The molecule has 0 fully saturated rings. The molecule has 2 aromatic carbocycles. The molecule has 0 atom stereocenters. The first-order valence-electron chi connectivity index (χ1n) is 8.34. The lowest BCUT2D eigenvalue weighted by Gasteiger charge is -2.10. The summed E-state index contributed by atoms with van der Waals surface area (Å²) in [5.74, 6) is 0.728. The first-order chi connectivity index (χ1) is 13.5. The zero-order chi connectivity index (χ0) is 19.9. The Morgan fingerprint density at radius 3 is 2.43 bits per heavy atom. The van der Waals surface area contributed by atoms with Gasteiger partial charge in [-0.1, -0.05) is 23.7 Å². The fourth-order valence-electron chi connectivity index (χ4n) is 2.32. The van der Waals surface area contributed by atoms with Gasteiger partial charge < -0.3 is 20.7 Å². The minimum atomic E-state index is -0.411. The van der Waals surface area contributed by atoms with Gasteiger partial charge in [0.1, 0.15) is 17.2 Å².